The summed E-state index contributed by atoms with van der Waals surface area (Å²) in [5.41, 5.74) is 0. The van der Waals surface area contributed by atoms with Gasteiger partial charge < -0.3 is 33.8 Å². The molecule has 0 bridgehead atoms. The minimum Gasteiger partial charge on any atom is -0.462 e. The van der Waals surface area contributed by atoms with E-state index in [9.17, 15) is 43.2 Å². The van der Waals surface area contributed by atoms with E-state index in [-0.39, 0.29) is 25.7 Å². The third-order valence-electron chi connectivity index (χ3n) is 16.2. The van der Waals surface area contributed by atoms with Crippen LogP contribution in [-0.4, -0.2) is 96.7 Å². The minimum absolute atomic E-state index is 0.101. The van der Waals surface area contributed by atoms with Crippen molar-refractivity contribution in [3.05, 3.63) is 0 Å². The lowest BCUT2D eigenvalue weighted by Gasteiger charge is -2.21. The highest BCUT2D eigenvalue weighted by Gasteiger charge is 2.30. The predicted octanol–water partition coefficient (Wildman–Crippen LogP) is 18.1. The number of unbranched alkanes of at least 4 members (excludes halogenated alkanes) is 26. The number of phosphoric acid groups is 2. The largest absolute Gasteiger partial charge is 0.472 e. The topological polar surface area (TPSA) is 237 Å². The fourth-order valence-corrected chi connectivity index (χ4v) is 11.3. The molecule has 85 heavy (non-hydrogen) atoms. The van der Waals surface area contributed by atoms with Crippen molar-refractivity contribution < 1.29 is 80.2 Å². The first-order valence-electron chi connectivity index (χ1n) is 34.3. The van der Waals surface area contributed by atoms with E-state index in [1.807, 2.05) is 0 Å². The van der Waals surface area contributed by atoms with Gasteiger partial charge in [0.05, 0.1) is 26.4 Å². The highest BCUT2D eigenvalue weighted by Crippen LogP contribution is 2.45. The van der Waals surface area contributed by atoms with Crippen molar-refractivity contribution in [2.24, 2.45) is 23.7 Å². The Morgan fingerprint density at radius 1 is 0.329 bits per heavy atom. The van der Waals surface area contributed by atoms with Crippen LogP contribution in [0.15, 0.2) is 0 Å². The van der Waals surface area contributed by atoms with Gasteiger partial charge in [-0.2, -0.15) is 0 Å². The summed E-state index contributed by atoms with van der Waals surface area (Å²) in [7, 11) is -9.89. The van der Waals surface area contributed by atoms with Gasteiger partial charge in [0, 0.05) is 25.7 Å². The van der Waals surface area contributed by atoms with Crippen molar-refractivity contribution in [3.8, 4) is 0 Å². The molecule has 0 fully saturated rings. The third-order valence-corrected chi connectivity index (χ3v) is 18.1. The summed E-state index contributed by atoms with van der Waals surface area (Å²) in [5.74, 6) is 0.840. The minimum atomic E-state index is -4.95. The number of aliphatic hydroxyl groups excluding tert-OH is 1. The van der Waals surface area contributed by atoms with Crippen LogP contribution in [0.25, 0.3) is 0 Å². The van der Waals surface area contributed by atoms with Crippen molar-refractivity contribution in [1.29, 1.82) is 0 Å². The maximum atomic E-state index is 13.0. The fraction of sp³-hybridized carbons (Fsp3) is 0.939. The van der Waals surface area contributed by atoms with Gasteiger partial charge in [0.1, 0.15) is 19.3 Å². The lowest BCUT2D eigenvalue weighted by molar-refractivity contribution is -0.161. The van der Waals surface area contributed by atoms with Gasteiger partial charge in [-0.1, -0.05) is 267 Å². The third kappa shape index (κ3) is 57.0. The molecule has 0 amide bonds. The normalized spacial score (nSPS) is 15.3. The fourth-order valence-electron chi connectivity index (χ4n) is 9.69. The number of carbonyl (C=O) groups is 4. The summed E-state index contributed by atoms with van der Waals surface area (Å²) in [4.78, 5) is 72.3. The number of aliphatic hydroxyl groups is 1. The lowest BCUT2D eigenvalue weighted by atomic mass is 9.99. The SMILES string of the molecule is CCC(C)CCCCCCCCCCCCC(=O)O[C@H](COC(=O)CCCCCCCCCCC(C)CC)COP(=O)(O)OC[C@@H](O)COP(=O)(O)OC[C@@H](COC(=O)CCCCCCCCC(C)C)OC(=O)CCCCCCCCC(C)CC. The number of rotatable bonds is 63. The van der Waals surface area contributed by atoms with Crippen molar-refractivity contribution in [3.63, 3.8) is 0 Å². The predicted molar refractivity (Wildman–Crippen MR) is 340 cm³/mol. The van der Waals surface area contributed by atoms with Crippen molar-refractivity contribution >= 4 is 39.5 Å². The van der Waals surface area contributed by atoms with Crippen LogP contribution in [-0.2, 0) is 65.4 Å². The summed E-state index contributed by atoms with van der Waals surface area (Å²) in [5, 5.41) is 10.5. The molecular formula is C66H128O17P2. The first-order chi connectivity index (χ1) is 40.7. The van der Waals surface area contributed by atoms with Gasteiger partial charge >= 0.3 is 39.5 Å². The first kappa shape index (κ1) is 83.1. The summed E-state index contributed by atoms with van der Waals surface area (Å²) in [6.07, 6.45) is 36.2. The molecule has 3 N–H and O–H groups in total. The maximum absolute atomic E-state index is 13.0. The van der Waals surface area contributed by atoms with E-state index in [4.69, 9.17) is 37.0 Å². The quantitative estimate of drug-likeness (QED) is 0.0222. The van der Waals surface area contributed by atoms with Gasteiger partial charge in [-0.15, -0.1) is 0 Å². The average Bonchev–Trinajstić information content (AvgIpc) is 3.54. The standard InChI is InChI=1S/C66H128O17P2/c1-9-57(6)43-35-27-18-14-12-13-15-21-32-40-48-65(70)82-61(52-76-63(68)46-38-30-20-17-16-19-28-36-44-58(7)10-2)54-80-84(72,73)78-50-60(67)51-79-85(74,75)81-55-62(53-77-64(69)47-39-31-24-22-26-34-42-56(4)5)83-66(71)49-41-33-25-23-29-37-45-59(8)11-3/h56-62,67H,9-55H2,1-8H3,(H,72,73)(H,74,75)/t57?,58?,59?,60-,61-,62-/m1/s1. The van der Waals surface area contributed by atoms with Crippen molar-refractivity contribution in [2.45, 2.75) is 337 Å². The maximum Gasteiger partial charge on any atom is 0.472 e. The summed E-state index contributed by atoms with van der Waals surface area (Å²) in [6.45, 7) is 14.0. The van der Waals surface area contributed by atoms with Gasteiger partial charge in [0.15, 0.2) is 12.2 Å². The molecule has 8 atom stereocenters. The Balaban J connectivity index is 5.27. The molecule has 0 saturated carbocycles. The molecule has 0 aromatic carbocycles. The molecule has 0 aliphatic rings. The molecule has 0 aliphatic heterocycles. The number of hydrogen-bond donors (Lipinski definition) is 3. The molecule has 0 aliphatic carbocycles. The number of carbonyl (C=O) groups excluding carboxylic acids is 4. The zero-order valence-electron chi connectivity index (χ0n) is 55.2. The van der Waals surface area contributed by atoms with E-state index in [0.29, 0.717) is 31.6 Å². The number of esters is 4. The summed E-state index contributed by atoms with van der Waals surface area (Å²) < 4.78 is 68.1. The zero-order valence-corrected chi connectivity index (χ0v) is 57.0. The smallest absolute Gasteiger partial charge is 0.462 e. The Morgan fingerprint density at radius 3 is 0.835 bits per heavy atom. The van der Waals surface area contributed by atoms with E-state index in [1.54, 1.807) is 0 Å². The Hall–Kier alpha value is -1.94. The molecule has 0 spiro atoms. The lowest BCUT2D eigenvalue weighted by Crippen LogP contribution is -2.30. The van der Waals surface area contributed by atoms with Crippen LogP contribution in [0.4, 0.5) is 0 Å². The van der Waals surface area contributed by atoms with E-state index < -0.39 is 97.5 Å². The molecule has 0 aromatic heterocycles. The van der Waals surface area contributed by atoms with Crippen LogP contribution in [0.1, 0.15) is 319 Å². The summed E-state index contributed by atoms with van der Waals surface area (Å²) >= 11 is 0. The first-order valence-corrected chi connectivity index (χ1v) is 37.3. The van der Waals surface area contributed by atoms with Crippen molar-refractivity contribution in [1.82, 2.24) is 0 Å². The van der Waals surface area contributed by atoms with Gasteiger partial charge in [0.2, 0.25) is 0 Å². The monoisotopic (exact) mass is 1250 g/mol. The van der Waals surface area contributed by atoms with Gasteiger partial charge in [0.25, 0.3) is 0 Å². The Kier molecular flexibility index (Phi) is 54.8. The molecule has 504 valence electrons. The zero-order chi connectivity index (χ0) is 63.2. The van der Waals surface area contributed by atoms with Crippen LogP contribution in [0.2, 0.25) is 0 Å². The van der Waals surface area contributed by atoms with Crippen LogP contribution in [0, 0.1) is 23.7 Å². The number of ether oxygens (including phenoxy) is 4. The second-order valence-electron chi connectivity index (χ2n) is 25.1. The Bertz CT molecular complexity index is 1700. The molecular weight excluding hydrogens is 1130 g/mol. The molecule has 19 heteroatoms. The molecule has 0 radical (unpaired) electrons. The number of hydrogen-bond acceptors (Lipinski definition) is 15. The van der Waals surface area contributed by atoms with E-state index in [1.165, 1.54) is 116 Å². The molecule has 0 aromatic rings. The van der Waals surface area contributed by atoms with E-state index in [0.717, 1.165) is 114 Å². The second-order valence-corrected chi connectivity index (χ2v) is 28.0. The molecule has 0 heterocycles. The molecule has 5 unspecified atom stereocenters. The second kappa shape index (κ2) is 56.1. The van der Waals surface area contributed by atoms with Crippen LogP contribution >= 0.6 is 15.6 Å². The van der Waals surface area contributed by atoms with Crippen molar-refractivity contribution in [2.75, 3.05) is 39.6 Å². The molecule has 0 saturated heterocycles. The molecule has 0 rings (SSSR count). The van der Waals surface area contributed by atoms with Crippen LogP contribution < -0.4 is 0 Å². The average molecular weight is 1260 g/mol. The van der Waals surface area contributed by atoms with Gasteiger partial charge in [-0.05, 0) is 49.4 Å². The van der Waals surface area contributed by atoms with E-state index in [2.05, 4.69) is 55.4 Å². The highest BCUT2D eigenvalue weighted by molar-refractivity contribution is 7.47. The number of phosphoric ester groups is 2. The van der Waals surface area contributed by atoms with Gasteiger partial charge in [-0.3, -0.25) is 37.3 Å². The van der Waals surface area contributed by atoms with Gasteiger partial charge in [-0.25, -0.2) is 9.13 Å². The summed E-state index contributed by atoms with van der Waals surface area (Å²) in [6, 6.07) is 0. The van der Waals surface area contributed by atoms with E-state index >= 15 is 0 Å². The van der Waals surface area contributed by atoms with Crippen LogP contribution in [0.3, 0.4) is 0 Å². The Morgan fingerprint density at radius 2 is 0.565 bits per heavy atom. The highest BCUT2D eigenvalue weighted by atomic mass is 31.2. The Labute approximate surface area is 517 Å². The van der Waals surface area contributed by atoms with Crippen LogP contribution in [0.5, 0.6) is 0 Å². The molecule has 17 nitrogen and oxygen atoms in total.